The first-order valence-corrected chi connectivity index (χ1v) is 9.24. The fraction of sp³-hybridized carbons (Fsp3) is 0.217. The summed E-state index contributed by atoms with van der Waals surface area (Å²) in [6, 6.07) is 24.0. The molecule has 3 aromatic carbocycles. The molecular weight excluding hydrogens is 338 g/mol. The second kappa shape index (κ2) is 7.72. The number of aliphatic hydroxyl groups excluding tert-OH is 1. The summed E-state index contributed by atoms with van der Waals surface area (Å²) in [7, 11) is 0. The average Bonchev–Trinajstić information content (AvgIpc) is 2.68. The van der Waals surface area contributed by atoms with Gasteiger partial charge >= 0.3 is 0 Å². The van der Waals surface area contributed by atoms with Gasteiger partial charge in [0.05, 0.1) is 24.0 Å². The van der Waals surface area contributed by atoms with E-state index < -0.39 is 0 Å². The van der Waals surface area contributed by atoms with Crippen LogP contribution in [0.1, 0.15) is 12.5 Å². The Hall–Kier alpha value is -2.98. The number of ether oxygens (including phenoxy) is 2. The van der Waals surface area contributed by atoms with E-state index >= 15 is 0 Å². The third-order valence-corrected chi connectivity index (χ3v) is 4.57. The van der Waals surface area contributed by atoms with Gasteiger partial charge in [0.15, 0.2) is 11.5 Å². The SMILES string of the molecule is CC(O)Cc1ccc(OCCN2c3ccccc3Oc3ccccc32)cc1. The molecule has 0 amide bonds. The number of fused-ring (bicyclic) bond motifs is 2. The zero-order valence-corrected chi connectivity index (χ0v) is 15.3. The van der Waals surface area contributed by atoms with Gasteiger partial charge in [-0.25, -0.2) is 0 Å². The van der Waals surface area contributed by atoms with Gasteiger partial charge in [-0.2, -0.15) is 0 Å². The molecule has 27 heavy (non-hydrogen) atoms. The first-order chi connectivity index (χ1) is 13.2. The van der Waals surface area contributed by atoms with Crippen molar-refractivity contribution in [3.63, 3.8) is 0 Å². The molecule has 0 spiro atoms. The number of rotatable bonds is 6. The van der Waals surface area contributed by atoms with Gasteiger partial charge in [0, 0.05) is 0 Å². The van der Waals surface area contributed by atoms with Crippen LogP contribution in [0.15, 0.2) is 72.8 Å². The number of anilines is 2. The van der Waals surface area contributed by atoms with Crippen LogP contribution in [0.3, 0.4) is 0 Å². The summed E-state index contributed by atoms with van der Waals surface area (Å²) in [6.45, 7) is 3.06. The fourth-order valence-corrected chi connectivity index (χ4v) is 3.34. The Morgan fingerprint density at radius 1 is 0.889 bits per heavy atom. The third kappa shape index (κ3) is 3.91. The third-order valence-electron chi connectivity index (χ3n) is 4.57. The van der Waals surface area contributed by atoms with Gasteiger partial charge in [-0.1, -0.05) is 36.4 Å². The van der Waals surface area contributed by atoms with E-state index in [1.54, 1.807) is 6.92 Å². The van der Waals surface area contributed by atoms with Crippen LogP contribution in [-0.4, -0.2) is 24.4 Å². The lowest BCUT2D eigenvalue weighted by Gasteiger charge is -2.32. The minimum Gasteiger partial charge on any atom is -0.492 e. The van der Waals surface area contributed by atoms with Crippen LogP contribution in [0.25, 0.3) is 0 Å². The van der Waals surface area contributed by atoms with Crippen molar-refractivity contribution in [2.45, 2.75) is 19.4 Å². The highest BCUT2D eigenvalue weighted by Crippen LogP contribution is 2.45. The molecule has 0 saturated carbocycles. The molecule has 1 heterocycles. The monoisotopic (exact) mass is 361 g/mol. The van der Waals surface area contributed by atoms with Crippen molar-refractivity contribution in [1.29, 1.82) is 0 Å². The summed E-state index contributed by atoms with van der Waals surface area (Å²) in [6.07, 6.45) is 0.319. The molecular formula is C23H23NO3. The normalized spacial score (nSPS) is 13.3. The Balaban J connectivity index is 1.45. The van der Waals surface area contributed by atoms with Crippen LogP contribution in [0, 0.1) is 0 Å². The zero-order valence-electron chi connectivity index (χ0n) is 15.3. The van der Waals surface area contributed by atoms with E-state index in [1.807, 2.05) is 60.7 Å². The maximum absolute atomic E-state index is 9.47. The molecule has 138 valence electrons. The van der Waals surface area contributed by atoms with E-state index in [0.29, 0.717) is 19.6 Å². The fourth-order valence-electron chi connectivity index (χ4n) is 3.34. The van der Waals surface area contributed by atoms with Crippen LogP contribution < -0.4 is 14.4 Å². The quantitative estimate of drug-likeness (QED) is 0.676. The largest absolute Gasteiger partial charge is 0.492 e. The summed E-state index contributed by atoms with van der Waals surface area (Å²) in [5, 5.41) is 9.47. The summed E-state index contributed by atoms with van der Waals surface area (Å²) in [4.78, 5) is 2.23. The Labute approximate surface area is 159 Å². The number of nitrogens with zero attached hydrogens (tertiary/aromatic N) is 1. The molecule has 1 aliphatic rings. The zero-order chi connectivity index (χ0) is 18.6. The van der Waals surface area contributed by atoms with Crippen molar-refractivity contribution in [1.82, 2.24) is 0 Å². The van der Waals surface area contributed by atoms with Gasteiger partial charge in [0.2, 0.25) is 0 Å². The highest BCUT2D eigenvalue weighted by molar-refractivity contribution is 5.77. The summed E-state index contributed by atoms with van der Waals surface area (Å²) in [5.41, 5.74) is 3.20. The van der Waals surface area contributed by atoms with E-state index in [4.69, 9.17) is 9.47 Å². The molecule has 0 fully saturated rings. The van der Waals surface area contributed by atoms with Gasteiger partial charge in [-0.3, -0.25) is 0 Å². The molecule has 0 radical (unpaired) electrons. The van der Waals surface area contributed by atoms with Crippen molar-refractivity contribution in [2.24, 2.45) is 0 Å². The highest BCUT2D eigenvalue weighted by atomic mass is 16.5. The molecule has 0 aromatic heterocycles. The summed E-state index contributed by atoms with van der Waals surface area (Å²) in [5.74, 6) is 2.55. The van der Waals surface area contributed by atoms with Crippen molar-refractivity contribution >= 4 is 11.4 Å². The van der Waals surface area contributed by atoms with Gasteiger partial charge in [-0.15, -0.1) is 0 Å². The standard InChI is InChI=1S/C23H23NO3/c1-17(25)16-18-10-12-19(13-11-18)26-15-14-24-20-6-2-4-8-22(20)27-23-9-5-3-7-21(23)24/h2-13,17,25H,14-16H2,1H3. The molecule has 4 rings (SSSR count). The second-order valence-corrected chi connectivity index (χ2v) is 6.73. The molecule has 0 bridgehead atoms. The number of aliphatic hydroxyl groups is 1. The molecule has 0 aliphatic carbocycles. The maximum atomic E-state index is 9.47. The van der Waals surface area contributed by atoms with Crippen LogP contribution in [0.4, 0.5) is 11.4 Å². The molecule has 1 unspecified atom stereocenters. The lowest BCUT2D eigenvalue weighted by molar-refractivity contribution is 0.195. The number of hydrogen-bond acceptors (Lipinski definition) is 4. The molecule has 1 N–H and O–H groups in total. The predicted octanol–water partition coefficient (Wildman–Crippen LogP) is 4.93. The van der Waals surface area contributed by atoms with Crippen molar-refractivity contribution in [2.75, 3.05) is 18.1 Å². The molecule has 3 aromatic rings. The second-order valence-electron chi connectivity index (χ2n) is 6.73. The minimum absolute atomic E-state index is 0.335. The van der Waals surface area contributed by atoms with Crippen LogP contribution in [0.5, 0.6) is 17.2 Å². The van der Waals surface area contributed by atoms with Crippen molar-refractivity contribution in [3.8, 4) is 17.2 Å². The molecule has 0 saturated heterocycles. The van der Waals surface area contributed by atoms with Gasteiger partial charge in [-0.05, 0) is 55.3 Å². The molecule has 4 heteroatoms. The van der Waals surface area contributed by atoms with E-state index in [0.717, 1.165) is 34.2 Å². The number of benzene rings is 3. The first-order valence-electron chi connectivity index (χ1n) is 9.24. The van der Waals surface area contributed by atoms with E-state index in [-0.39, 0.29) is 6.10 Å². The molecule has 1 aliphatic heterocycles. The summed E-state index contributed by atoms with van der Waals surface area (Å²) >= 11 is 0. The smallest absolute Gasteiger partial charge is 0.151 e. The van der Waals surface area contributed by atoms with Crippen LogP contribution in [-0.2, 0) is 6.42 Å². The lowest BCUT2D eigenvalue weighted by Crippen LogP contribution is -2.26. The molecule has 1 atom stereocenters. The van der Waals surface area contributed by atoms with E-state index in [1.165, 1.54) is 0 Å². The highest BCUT2D eigenvalue weighted by Gasteiger charge is 2.23. The van der Waals surface area contributed by atoms with Crippen LogP contribution >= 0.6 is 0 Å². The van der Waals surface area contributed by atoms with Gasteiger partial charge in [0.1, 0.15) is 12.4 Å². The average molecular weight is 361 g/mol. The summed E-state index contributed by atoms with van der Waals surface area (Å²) < 4.78 is 12.0. The van der Waals surface area contributed by atoms with E-state index in [9.17, 15) is 5.11 Å². The number of para-hydroxylation sites is 4. The van der Waals surface area contributed by atoms with Gasteiger partial charge in [0.25, 0.3) is 0 Å². The Morgan fingerprint density at radius 3 is 2.07 bits per heavy atom. The van der Waals surface area contributed by atoms with Gasteiger partial charge < -0.3 is 19.5 Å². The number of hydrogen-bond donors (Lipinski definition) is 1. The Morgan fingerprint density at radius 2 is 1.48 bits per heavy atom. The topological polar surface area (TPSA) is 41.9 Å². The minimum atomic E-state index is -0.335. The van der Waals surface area contributed by atoms with Crippen molar-refractivity contribution in [3.05, 3.63) is 78.4 Å². The lowest BCUT2D eigenvalue weighted by atomic mass is 10.1. The Bertz CT molecular complexity index is 860. The predicted molar refractivity (Wildman–Crippen MR) is 107 cm³/mol. The Kier molecular flexibility index (Phi) is 4.99. The first kappa shape index (κ1) is 17.4. The molecule has 4 nitrogen and oxygen atoms in total. The van der Waals surface area contributed by atoms with Crippen LogP contribution in [0.2, 0.25) is 0 Å². The van der Waals surface area contributed by atoms with E-state index in [2.05, 4.69) is 17.0 Å². The van der Waals surface area contributed by atoms with Crippen molar-refractivity contribution < 1.29 is 14.6 Å². The maximum Gasteiger partial charge on any atom is 0.151 e.